The second-order valence-electron chi connectivity index (χ2n) is 7.61. The number of halogens is 1. The van der Waals surface area contributed by atoms with Crippen molar-refractivity contribution in [3.8, 4) is 0 Å². The molecule has 1 aromatic carbocycles. The molecule has 6 nitrogen and oxygen atoms in total. The number of rotatable bonds is 4. The quantitative estimate of drug-likeness (QED) is 0.658. The molecule has 4 rings (SSSR count). The highest BCUT2D eigenvalue weighted by atomic mass is 32.1. The number of carbonyl (C=O) groups is 1. The largest absolute Gasteiger partial charge is 0.341 e. The number of aromatic nitrogens is 2. The molecule has 0 N–H and O–H groups in total. The van der Waals surface area contributed by atoms with E-state index in [9.17, 15) is 18.8 Å². The first-order valence-corrected chi connectivity index (χ1v) is 10.5. The SMILES string of the molecule is C[C@@H]1CCCN(C(=O)Cn2c(=O)n(Cc3ccc(F)cc3)c(=O)c3sccc32)C1. The van der Waals surface area contributed by atoms with Crippen LogP contribution in [0.3, 0.4) is 0 Å². The molecule has 1 fully saturated rings. The van der Waals surface area contributed by atoms with Crippen molar-refractivity contribution in [2.75, 3.05) is 13.1 Å². The predicted molar refractivity (Wildman–Crippen MR) is 111 cm³/mol. The van der Waals surface area contributed by atoms with Crippen LogP contribution in [-0.2, 0) is 17.9 Å². The first kappa shape index (κ1) is 19.6. The van der Waals surface area contributed by atoms with Crippen LogP contribution in [-0.4, -0.2) is 33.0 Å². The fourth-order valence-corrected chi connectivity index (χ4v) is 4.69. The number of piperidine rings is 1. The summed E-state index contributed by atoms with van der Waals surface area (Å²) >= 11 is 1.25. The van der Waals surface area contributed by atoms with Gasteiger partial charge in [0.15, 0.2) is 0 Å². The van der Waals surface area contributed by atoms with Gasteiger partial charge in [0.05, 0.1) is 12.1 Å². The summed E-state index contributed by atoms with van der Waals surface area (Å²) in [6.45, 7) is 3.43. The van der Waals surface area contributed by atoms with Gasteiger partial charge in [-0.2, -0.15) is 0 Å². The standard InChI is InChI=1S/C21H22FN3O3S/c1-14-3-2-9-23(11-14)18(26)13-24-17-8-10-29-19(17)20(27)25(21(24)28)12-15-4-6-16(22)7-5-15/h4-8,10,14H,2-3,9,11-13H2,1H3/t14-/m1/s1. The van der Waals surface area contributed by atoms with E-state index in [1.54, 1.807) is 28.5 Å². The molecule has 1 atom stereocenters. The summed E-state index contributed by atoms with van der Waals surface area (Å²) in [5.74, 6) is -0.0512. The van der Waals surface area contributed by atoms with Gasteiger partial charge < -0.3 is 4.90 Å². The van der Waals surface area contributed by atoms with Crippen LogP contribution in [0, 0.1) is 11.7 Å². The van der Waals surface area contributed by atoms with Crippen molar-refractivity contribution in [1.29, 1.82) is 0 Å². The third-order valence-corrected chi connectivity index (χ3v) is 6.29. The molecule has 1 aliphatic heterocycles. The number of likely N-dealkylation sites (tertiary alicyclic amines) is 1. The van der Waals surface area contributed by atoms with E-state index in [4.69, 9.17) is 0 Å². The molecule has 1 aliphatic rings. The van der Waals surface area contributed by atoms with Crippen molar-refractivity contribution in [1.82, 2.24) is 14.0 Å². The number of carbonyl (C=O) groups excluding carboxylic acids is 1. The van der Waals surface area contributed by atoms with Crippen LogP contribution in [0.5, 0.6) is 0 Å². The minimum absolute atomic E-state index is 0.0285. The first-order chi connectivity index (χ1) is 13.9. The van der Waals surface area contributed by atoms with Gasteiger partial charge in [0.1, 0.15) is 17.1 Å². The van der Waals surface area contributed by atoms with Crippen LogP contribution in [0.1, 0.15) is 25.3 Å². The number of nitrogens with zero attached hydrogens (tertiary/aromatic N) is 3. The van der Waals surface area contributed by atoms with E-state index >= 15 is 0 Å². The summed E-state index contributed by atoms with van der Waals surface area (Å²) in [5.41, 5.74) is 0.214. The topological polar surface area (TPSA) is 64.3 Å². The highest BCUT2D eigenvalue weighted by molar-refractivity contribution is 7.17. The lowest BCUT2D eigenvalue weighted by Gasteiger charge is -2.31. The summed E-state index contributed by atoms with van der Waals surface area (Å²) in [7, 11) is 0. The van der Waals surface area contributed by atoms with E-state index in [1.807, 2.05) is 0 Å². The molecule has 3 heterocycles. The van der Waals surface area contributed by atoms with Crippen molar-refractivity contribution >= 4 is 27.5 Å². The molecule has 1 saturated heterocycles. The molecule has 0 saturated carbocycles. The van der Waals surface area contributed by atoms with Gasteiger partial charge in [0, 0.05) is 13.1 Å². The first-order valence-electron chi connectivity index (χ1n) is 9.67. The Labute approximate surface area is 170 Å². The second kappa shape index (κ2) is 7.94. The second-order valence-corrected chi connectivity index (χ2v) is 8.52. The molecule has 0 unspecified atom stereocenters. The van der Waals surface area contributed by atoms with Gasteiger partial charge in [-0.05, 0) is 47.9 Å². The Morgan fingerprint density at radius 2 is 1.93 bits per heavy atom. The summed E-state index contributed by atoms with van der Waals surface area (Å²) < 4.78 is 16.1. The van der Waals surface area contributed by atoms with Crippen molar-refractivity contribution in [2.24, 2.45) is 5.92 Å². The van der Waals surface area contributed by atoms with Crippen molar-refractivity contribution in [3.63, 3.8) is 0 Å². The van der Waals surface area contributed by atoms with Gasteiger partial charge in [-0.1, -0.05) is 19.1 Å². The van der Waals surface area contributed by atoms with Crippen LogP contribution in [0.15, 0.2) is 45.3 Å². The maximum Gasteiger partial charge on any atom is 0.332 e. The fraction of sp³-hybridized carbons (Fsp3) is 0.381. The number of benzene rings is 1. The van der Waals surface area contributed by atoms with Gasteiger partial charge in [-0.15, -0.1) is 11.3 Å². The molecule has 8 heteroatoms. The van der Waals surface area contributed by atoms with E-state index < -0.39 is 5.69 Å². The third-order valence-electron chi connectivity index (χ3n) is 5.39. The maximum absolute atomic E-state index is 13.2. The maximum atomic E-state index is 13.2. The Morgan fingerprint density at radius 3 is 2.66 bits per heavy atom. The van der Waals surface area contributed by atoms with E-state index in [0.29, 0.717) is 34.8 Å². The summed E-state index contributed by atoms with van der Waals surface area (Å²) in [6, 6.07) is 7.39. The van der Waals surface area contributed by atoms with E-state index in [0.717, 1.165) is 17.4 Å². The number of hydrogen-bond acceptors (Lipinski definition) is 4. The van der Waals surface area contributed by atoms with E-state index in [-0.39, 0.29) is 30.4 Å². The summed E-state index contributed by atoms with van der Waals surface area (Å²) in [5, 5.41) is 1.75. The van der Waals surface area contributed by atoms with E-state index in [1.165, 1.54) is 28.0 Å². The molecule has 152 valence electrons. The molecule has 0 spiro atoms. The lowest BCUT2D eigenvalue weighted by Crippen LogP contribution is -2.45. The number of thiophene rings is 1. The Kier molecular flexibility index (Phi) is 5.36. The molecule has 1 amide bonds. The fourth-order valence-electron chi connectivity index (χ4n) is 3.85. The number of fused-ring (bicyclic) bond motifs is 1. The average Bonchev–Trinajstić information content (AvgIpc) is 3.20. The highest BCUT2D eigenvalue weighted by Gasteiger charge is 2.23. The zero-order chi connectivity index (χ0) is 20.5. The van der Waals surface area contributed by atoms with Gasteiger partial charge in [-0.25, -0.2) is 9.18 Å². The van der Waals surface area contributed by atoms with Gasteiger partial charge in [0.25, 0.3) is 5.56 Å². The zero-order valence-corrected chi connectivity index (χ0v) is 17.0. The highest BCUT2D eigenvalue weighted by Crippen LogP contribution is 2.18. The van der Waals surface area contributed by atoms with Crippen LogP contribution in [0.25, 0.3) is 10.2 Å². The minimum atomic E-state index is -0.524. The summed E-state index contributed by atoms with van der Waals surface area (Å²) in [4.78, 5) is 40.7. The number of hydrogen-bond donors (Lipinski definition) is 0. The normalized spacial score (nSPS) is 17.0. The van der Waals surface area contributed by atoms with Gasteiger partial charge in [-0.3, -0.25) is 18.7 Å². The molecule has 3 aromatic rings. The molecular weight excluding hydrogens is 393 g/mol. The molecule has 2 aromatic heterocycles. The van der Waals surface area contributed by atoms with Crippen LogP contribution in [0.2, 0.25) is 0 Å². The average molecular weight is 415 g/mol. The third kappa shape index (κ3) is 3.89. The van der Waals surface area contributed by atoms with Crippen LogP contribution < -0.4 is 11.2 Å². The Morgan fingerprint density at radius 1 is 1.17 bits per heavy atom. The van der Waals surface area contributed by atoms with Crippen molar-refractivity contribution in [2.45, 2.75) is 32.9 Å². The lowest BCUT2D eigenvalue weighted by molar-refractivity contribution is -0.133. The zero-order valence-electron chi connectivity index (χ0n) is 16.1. The van der Waals surface area contributed by atoms with Crippen LogP contribution >= 0.6 is 11.3 Å². The Balaban J connectivity index is 1.72. The Hall–Kier alpha value is -2.74. The summed E-state index contributed by atoms with van der Waals surface area (Å²) in [6.07, 6.45) is 2.06. The molecule has 29 heavy (non-hydrogen) atoms. The van der Waals surface area contributed by atoms with Gasteiger partial charge >= 0.3 is 5.69 Å². The monoisotopic (exact) mass is 415 g/mol. The minimum Gasteiger partial charge on any atom is -0.341 e. The Bertz CT molecular complexity index is 1160. The molecule has 0 aliphatic carbocycles. The van der Waals surface area contributed by atoms with E-state index in [2.05, 4.69) is 6.92 Å². The molecular formula is C21H22FN3O3S. The lowest BCUT2D eigenvalue weighted by atomic mass is 10.0. The van der Waals surface area contributed by atoms with Crippen LogP contribution in [0.4, 0.5) is 4.39 Å². The predicted octanol–water partition coefficient (Wildman–Crippen LogP) is 2.67. The number of amides is 1. The van der Waals surface area contributed by atoms with Crippen molar-refractivity contribution < 1.29 is 9.18 Å². The van der Waals surface area contributed by atoms with Gasteiger partial charge in [0.2, 0.25) is 5.91 Å². The smallest absolute Gasteiger partial charge is 0.332 e. The molecule has 0 radical (unpaired) electrons. The molecule has 0 bridgehead atoms. The van der Waals surface area contributed by atoms with Crippen molar-refractivity contribution in [3.05, 3.63) is 67.9 Å².